The highest BCUT2D eigenvalue weighted by Crippen LogP contribution is 2.35. The molecule has 1 heterocycles. The lowest BCUT2D eigenvalue weighted by Gasteiger charge is -2.12. The zero-order valence-electron chi connectivity index (χ0n) is 13.6. The summed E-state index contributed by atoms with van der Waals surface area (Å²) in [5.41, 5.74) is 1.83. The van der Waals surface area contributed by atoms with Crippen molar-refractivity contribution in [3.63, 3.8) is 0 Å². The fraction of sp³-hybridized carbons (Fsp3) is 0.111. The van der Waals surface area contributed by atoms with Crippen molar-refractivity contribution in [2.45, 2.75) is 0 Å². The van der Waals surface area contributed by atoms with E-state index in [0.29, 0.717) is 33.7 Å². The number of fused-ring (bicyclic) bond motifs is 1. The molecule has 0 bridgehead atoms. The summed E-state index contributed by atoms with van der Waals surface area (Å²) in [7, 11) is 2.98. The molecule has 0 atom stereocenters. The molecule has 0 spiro atoms. The quantitative estimate of drug-likeness (QED) is 0.693. The van der Waals surface area contributed by atoms with E-state index in [1.165, 1.54) is 26.4 Å². The number of anilines is 1. The minimum Gasteiger partial charge on any atom is -0.495 e. The minimum absolute atomic E-state index is 0.344. The highest BCUT2D eigenvalue weighted by atomic mass is 35.5. The molecule has 0 unspecified atom stereocenters. The smallest absolute Gasteiger partial charge is 0.248 e. The number of aromatic nitrogens is 1. The molecule has 2 aromatic carbocycles. The third kappa shape index (κ3) is 3.75. The van der Waals surface area contributed by atoms with E-state index in [2.05, 4.69) is 10.3 Å². The Labute approximate surface area is 149 Å². The summed E-state index contributed by atoms with van der Waals surface area (Å²) in [6, 6.07) is 10.5. The van der Waals surface area contributed by atoms with Crippen LogP contribution in [0, 0.1) is 0 Å². The van der Waals surface area contributed by atoms with E-state index in [-0.39, 0.29) is 5.91 Å². The summed E-state index contributed by atoms with van der Waals surface area (Å²) in [5.74, 6) is 0.831. The molecule has 25 heavy (non-hydrogen) atoms. The third-order valence-electron chi connectivity index (χ3n) is 3.42. The van der Waals surface area contributed by atoms with Crippen molar-refractivity contribution in [1.29, 1.82) is 0 Å². The average Bonchev–Trinajstić information content (AvgIpc) is 3.04. The van der Waals surface area contributed by atoms with Crippen LogP contribution in [-0.2, 0) is 4.79 Å². The summed E-state index contributed by atoms with van der Waals surface area (Å²) >= 11 is 6.04. The molecule has 3 aromatic rings. The Morgan fingerprint density at radius 3 is 2.68 bits per heavy atom. The van der Waals surface area contributed by atoms with Crippen LogP contribution in [0.4, 0.5) is 5.69 Å². The predicted octanol–water partition coefficient (Wildman–Crippen LogP) is 4.15. The van der Waals surface area contributed by atoms with Crippen molar-refractivity contribution in [3.8, 4) is 11.5 Å². The number of hydrogen-bond donors (Lipinski definition) is 1. The standard InChI is InChI=1S/C18H15ClN2O4/c1-23-15-10-13(16(24-2)9-11(15)19)20-17(22)7-8-18-21-12-5-3-4-6-14(12)25-18/h3-10H,1-2H3,(H,20,22)/b8-7+. The molecule has 7 heteroatoms. The number of carbonyl (C=O) groups is 1. The van der Waals surface area contributed by atoms with Crippen LogP contribution >= 0.6 is 11.6 Å². The number of amides is 1. The van der Waals surface area contributed by atoms with Crippen LogP contribution in [0.1, 0.15) is 5.89 Å². The molecule has 1 aromatic heterocycles. The second-order valence-corrected chi connectivity index (χ2v) is 5.44. The lowest BCUT2D eigenvalue weighted by atomic mass is 10.2. The van der Waals surface area contributed by atoms with Crippen LogP contribution in [0.3, 0.4) is 0 Å². The molecule has 0 radical (unpaired) electrons. The second kappa shape index (κ2) is 7.27. The van der Waals surface area contributed by atoms with Gasteiger partial charge in [0.1, 0.15) is 17.0 Å². The number of methoxy groups -OCH3 is 2. The van der Waals surface area contributed by atoms with Gasteiger partial charge in [-0.25, -0.2) is 4.98 Å². The van der Waals surface area contributed by atoms with Gasteiger partial charge in [0.25, 0.3) is 0 Å². The molecule has 6 nitrogen and oxygen atoms in total. The first-order valence-electron chi connectivity index (χ1n) is 7.37. The van der Waals surface area contributed by atoms with Crippen molar-refractivity contribution in [3.05, 3.63) is 53.4 Å². The van der Waals surface area contributed by atoms with Gasteiger partial charge in [0, 0.05) is 24.3 Å². The Bertz CT molecular complexity index is 916. The Morgan fingerprint density at radius 2 is 1.96 bits per heavy atom. The summed E-state index contributed by atoms with van der Waals surface area (Å²) in [5, 5.41) is 3.10. The van der Waals surface area contributed by atoms with E-state index in [1.54, 1.807) is 12.1 Å². The number of para-hydroxylation sites is 2. The zero-order chi connectivity index (χ0) is 17.8. The van der Waals surface area contributed by atoms with Crippen LogP contribution in [0.2, 0.25) is 5.02 Å². The first-order chi connectivity index (χ1) is 12.1. The zero-order valence-corrected chi connectivity index (χ0v) is 14.3. The summed E-state index contributed by atoms with van der Waals surface area (Å²) in [6.45, 7) is 0. The van der Waals surface area contributed by atoms with Crippen LogP contribution < -0.4 is 14.8 Å². The normalized spacial score (nSPS) is 11.0. The van der Waals surface area contributed by atoms with Gasteiger partial charge < -0.3 is 19.2 Å². The molecule has 0 fully saturated rings. The van der Waals surface area contributed by atoms with E-state index in [0.717, 1.165) is 5.52 Å². The molecule has 0 saturated heterocycles. The Kier molecular flexibility index (Phi) is 4.90. The van der Waals surface area contributed by atoms with Crippen molar-refractivity contribution in [1.82, 2.24) is 4.98 Å². The number of oxazole rings is 1. The Hall–Kier alpha value is -2.99. The lowest BCUT2D eigenvalue weighted by molar-refractivity contribution is -0.111. The van der Waals surface area contributed by atoms with Crippen molar-refractivity contribution >= 4 is 40.4 Å². The number of rotatable bonds is 5. The number of halogens is 1. The molecule has 0 aliphatic carbocycles. The summed E-state index contributed by atoms with van der Waals surface area (Å²) in [6.07, 6.45) is 2.82. The molecule has 128 valence electrons. The maximum absolute atomic E-state index is 12.2. The summed E-state index contributed by atoms with van der Waals surface area (Å²) < 4.78 is 15.9. The van der Waals surface area contributed by atoms with Gasteiger partial charge in [0.15, 0.2) is 5.58 Å². The molecule has 1 N–H and O–H groups in total. The van der Waals surface area contributed by atoms with Crippen molar-refractivity contribution < 1.29 is 18.7 Å². The highest BCUT2D eigenvalue weighted by Gasteiger charge is 2.11. The Balaban J connectivity index is 1.78. The van der Waals surface area contributed by atoms with E-state index in [9.17, 15) is 4.79 Å². The number of nitrogens with one attached hydrogen (secondary N) is 1. The fourth-order valence-corrected chi connectivity index (χ4v) is 2.47. The van der Waals surface area contributed by atoms with Gasteiger partial charge in [-0.3, -0.25) is 4.79 Å². The van der Waals surface area contributed by atoms with Gasteiger partial charge in [-0.1, -0.05) is 23.7 Å². The molecular weight excluding hydrogens is 344 g/mol. The first-order valence-corrected chi connectivity index (χ1v) is 7.74. The molecule has 0 saturated carbocycles. The van der Waals surface area contributed by atoms with Gasteiger partial charge in [-0.05, 0) is 12.1 Å². The fourth-order valence-electron chi connectivity index (χ4n) is 2.24. The van der Waals surface area contributed by atoms with Crippen LogP contribution in [0.15, 0.2) is 46.9 Å². The molecule has 1 amide bonds. The van der Waals surface area contributed by atoms with Crippen molar-refractivity contribution in [2.24, 2.45) is 0 Å². The largest absolute Gasteiger partial charge is 0.495 e. The monoisotopic (exact) mass is 358 g/mol. The maximum Gasteiger partial charge on any atom is 0.248 e. The average molecular weight is 359 g/mol. The Morgan fingerprint density at radius 1 is 1.20 bits per heavy atom. The van der Waals surface area contributed by atoms with E-state index in [1.807, 2.05) is 24.3 Å². The number of carbonyl (C=O) groups excluding carboxylic acids is 1. The third-order valence-corrected chi connectivity index (χ3v) is 3.71. The highest BCUT2D eigenvalue weighted by molar-refractivity contribution is 6.32. The van der Waals surface area contributed by atoms with Gasteiger partial charge in [-0.2, -0.15) is 0 Å². The predicted molar refractivity (Wildman–Crippen MR) is 96.2 cm³/mol. The summed E-state index contributed by atoms with van der Waals surface area (Å²) in [4.78, 5) is 16.4. The number of benzene rings is 2. The van der Waals surface area contributed by atoms with Crippen LogP contribution in [0.25, 0.3) is 17.2 Å². The van der Waals surface area contributed by atoms with Crippen molar-refractivity contribution in [2.75, 3.05) is 19.5 Å². The van der Waals surface area contributed by atoms with E-state index < -0.39 is 0 Å². The molecule has 0 aliphatic heterocycles. The first kappa shape index (κ1) is 16.9. The van der Waals surface area contributed by atoms with Gasteiger partial charge in [-0.15, -0.1) is 0 Å². The second-order valence-electron chi connectivity index (χ2n) is 5.03. The molecular formula is C18H15ClN2O4. The molecule has 0 aliphatic rings. The van der Waals surface area contributed by atoms with E-state index >= 15 is 0 Å². The SMILES string of the molecule is COc1cc(NC(=O)/C=C/c2nc3ccccc3o2)c(OC)cc1Cl. The minimum atomic E-state index is -0.370. The van der Waals surface area contributed by atoms with Crippen LogP contribution in [0.5, 0.6) is 11.5 Å². The van der Waals surface area contributed by atoms with Gasteiger partial charge in [0.2, 0.25) is 11.8 Å². The maximum atomic E-state index is 12.2. The number of ether oxygens (including phenoxy) is 2. The number of nitrogens with zero attached hydrogens (tertiary/aromatic N) is 1. The topological polar surface area (TPSA) is 73.6 Å². The van der Waals surface area contributed by atoms with Gasteiger partial charge >= 0.3 is 0 Å². The van der Waals surface area contributed by atoms with Gasteiger partial charge in [0.05, 0.1) is 24.9 Å². The van der Waals surface area contributed by atoms with E-state index in [4.69, 9.17) is 25.5 Å². The molecule has 3 rings (SSSR count). The lowest BCUT2D eigenvalue weighted by Crippen LogP contribution is -2.09. The number of hydrogen-bond acceptors (Lipinski definition) is 5. The van der Waals surface area contributed by atoms with Crippen LogP contribution in [-0.4, -0.2) is 25.1 Å².